The molecule has 1 aromatic carbocycles. The molecular weight excluding hydrogens is 358 g/mol. The minimum Gasteiger partial charge on any atom is -0.366 e. The summed E-state index contributed by atoms with van der Waals surface area (Å²) in [5.74, 6) is -0.676. The average molecular weight is 378 g/mol. The van der Waals surface area contributed by atoms with Crippen LogP contribution in [-0.2, 0) is 6.54 Å². The fourth-order valence-electron chi connectivity index (χ4n) is 3.08. The summed E-state index contributed by atoms with van der Waals surface area (Å²) in [5, 5.41) is 14.7. The third kappa shape index (κ3) is 4.34. The van der Waals surface area contributed by atoms with E-state index in [0.717, 1.165) is 25.2 Å². The summed E-state index contributed by atoms with van der Waals surface area (Å²) in [5.41, 5.74) is 6.91. The van der Waals surface area contributed by atoms with Gasteiger partial charge in [0.25, 0.3) is 5.69 Å². The fraction of sp³-hybridized carbons (Fsp3) is 0.294. The molecule has 0 aliphatic carbocycles. The lowest BCUT2D eigenvalue weighted by Crippen LogP contribution is -2.45. The van der Waals surface area contributed by atoms with Gasteiger partial charge in [0.15, 0.2) is 0 Å². The van der Waals surface area contributed by atoms with Gasteiger partial charge in [0.2, 0.25) is 5.91 Å². The zero-order chi connectivity index (χ0) is 17.8. The smallest absolute Gasteiger partial charge is 0.274 e. The zero-order valence-corrected chi connectivity index (χ0v) is 14.8. The van der Waals surface area contributed by atoms with Crippen molar-refractivity contribution in [2.75, 3.05) is 19.6 Å². The third-order valence-corrected chi connectivity index (χ3v) is 4.36. The van der Waals surface area contributed by atoms with Gasteiger partial charge < -0.3 is 11.1 Å². The van der Waals surface area contributed by atoms with Crippen LogP contribution in [0.5, 0.6) is 0 Å². The van der Waals surface area contributed by atoms with E-state index in [2.05, 4.69) is 15.2 Å². The number of pyridine rings is 1. The van der Waals surface area contributed by atoms with Crippen LogP contribution in [0.4, 0.5) is 5.69 Å². The van der Waals surface area contributed by atoms with E-state index in [0.29, 0.717) is 12.1 Å². The van der Waals surface area contributed by atoms with E-state index in [-0.39, 0.29) is 29.7 Å². The zero-order valence-electron chi connectivity index (χ0n) is 14.0. The second-order valence-corrected chi connectivity index (χ2v) is 5.94. The van der Waals surface area contributed by atoms with Gasteiger partial charge >= 0.3 is 0 Å². The Hall–Kier alpha value is -2.55. The number of nitrogens with one attached hydrogen (secondary N) is 1. The van der Waals surface area contributed by atoms with Crippen LogP contribution in [0.1, 0.15) is 27.5 Å². The van der Waals surface area contributed by atoms with Gasteiger partial charge in [0.1, 0.15) is 0 Å². The monoisotopic (exact) mass is 377 g/mol. The van der Waals surface area contributed by atoms with Gasteiger partial charge in [0, 0.05) is 61.8 Å². The lowest BCUT2D eigenvalue weighted by atomic mass is 10.0. The van der Waals surface area contributed by atoms with Gasteiger partial charge in [-0.05, 0) is 17.7 Å². The predicted octanol–water partition coefficient (Wildman–Crippen LogP) is 1.66. The molecular formula is C17H20ClN5O3. The molecule has 9 heteroatoms. The first-order valence-electron chi connectivity index (χ1n) is 7.98. The Kier molecular flexibility index (Phi) is 6.62. The number of nitro benzene ring substituents is 1. The topological polar surface area (TPSA) is 114 Å². The molecule has 3 N–H and O–H groups in total. The largest absolute Gasteiger partial charge is 0.366 e. The van der Waals surface area contributed by atoms with Crippen LogP contribution in [0.2, 0.25) is 0 Å². The van der Waals surface area contributed by atoms with Crippen molar-refractivity contribution in [3.8, 4) is 0 Å². The third-order valence-electron chi connectivity index (χ3n) is 4.36. The van der Waals surface area contributed by atoms with E-state index < -0.39 is 10.8 Å². The molecule has 3 rings (SSSR count). The summed E-state index contributed by atoms with van der Waals surface area (Å²) in [4.78, 5) is 28.6. The van der Waals surface area contributed by atoms with Crippen molar-refractivity contribution >= 4 is 24.0 Å². The summed E-state index contributed by atoms with van der Waals surface area (Å²) in [6.07, 6.45) is 3.53. The van der Waals surface area contributed by atoms with Gasteiger partial charge in [-0.25, -0.2) is 0 Å². The number of hydrogen-bond acceptors (Lipinski definition) is 6. The first-order valence-corrected chi connectivity index (χ1v) is 7.98. The molecule has 0 radical (unpaired) electrons. The number of benzene rings is 1. The molecule has 1 atom stereocenters. The molecule has 1 aliphatic heterocycles. The summed E-state index contributed by atoms with van der Waals surface area (Å²) >= 11 is 0. The average Bonchev–Trinajstić information content (AvgIpc) is 2.63. The van der Waals surface area contributed by atoms with Crippen molar-refractivity contribution in [3.05, 3.63) is 69.5 Å². The number of aromatic nitrogens is 1. The first kappa shape index (κ1) is 19.8. The molecule has 0 bridgehead atoms. The van der Waals surface area contributed by atoms with Crippen LogP contribution >= 0.6 is 12.4 Å². The molecule has 1 fully saturated rings. The highest BCUT2D eigenvalue weighted by molar-refractivity contribution is 5.93. The van der Waals surface area contributed by atoms with Gasteiger partial charge in [-0.2, -0.15) is 0 Å². The van der Waals surface area contributed by atoms with E-state index in [1.54, 1.807) is 12.3 Å². The van der Waals surface area contributed by atoms with Crippen molar-refractivity contribution < 1.29 is 9.72 Å². The minimum absolute atomic E-state index is 0. The Morgan fingerprint density at radius 2 is 2.23 bits per heavy atom. The molecule has 2 aromatic rings. The number of rotatable bonds is 5. The Labute approximate surface area is 157 Å². The van der Waals surface area contributed by atoms with Gasteiger partial charge in [-0.1, -0.05) is 12.1 Å². The number of amides is 1. The highest BCUT2D eigenvalue weighted by Gasteiger charge is 2.26. The van der Waals surface area contributed by atoms with Crippen molar-refractivity contribution in [2.45, 2.75) is 12.6 Å². The maximum atomic E-state index is 11.4. The number of piperazine rings is 1. The SMILES string of the molecule is Cl.NC(=O)c1ccc(CN2CCNCC2c2cccnc2)c([N+](=O)[O-])c1. The maximum absolute atomic E-state index is 11.4. The summed E-state index contributed by atoms with van der Waals surface area (Å²) in [6.45, 7) is 2.73. The van der Waals surface area contributed by atoms with Crippen LogP contribution in [0.15, 0.2) is 42.7 Å². The Morgan fingerprint density at radius 1 is 1.42 bits per heavy atom. The molecule has 0 spiro atoms. The molecule has 1 aromatic heterocycles. The highest BCUT2D eigenvalue weighted by atomic mass is 35.5. The number of carbonyl (C=O) groups is 1. The molecule has 1 amide bonds. The van der Waals surface area contributed by atoms with Crippen molar-refractivity contribution in [3.63, 3.8) is 0 Å². The standard InChI is InChI=1S/C17H19N5O3.ClH/c18-17(23)12-3-4-14(15(8-12)22(24)25)11-21-7-6-20-10-16(21)13-2-1-5-19-9-13;/h1-5,8-9,16,20H,6-7,10-11H2,(H2,18,23);1H. The lowest BCUT2D eigenvalue weighted by molar-refractivity contribution is -0.385. The number of hydrogen-bond donors (Lipinski definition) is 2. The molecule has 1 unspecified atom stereocenters. The maximum Gasteiger partial charge on any atom is 0.274 e. The molecule has 1 aliphatic rings. The van der Waals surface area contributed by atoms with Crippen LogP contribution < -0.4 is 11.1 Å². The predicted molar refractivity (Wildman–Crippen MR) is 99.1 cm³/mol. The number of nitro groups is 1. The molecule has 26 heavy (non-hydrogen) atoms. The molecule has 8 nitrogen and oxygen atoms in total. The number of nitrogens with zero attached hydrogens (tertiary/aromatic N) is 3. The molecule has 2 heterocycles. The van der Waals surface area contributed by atoms with E-state index in [1.165, 1.54) is 12.1 Å². The van der Waals surface area contributed by atoms with Gasteiger partial charge in [-0.3, -0.25) is 24.8 Å². The summed E-state index contributed by atoms with van der Waals surface area (Å²) in [7, 11) is 0. The fourth-order valence-corrected chi connectivity index (χ4v) is 3.08. The van der Waals surface area contributed by atoms with Gasteiger partial charge in [0.05, 0.1) is 4.92 Å². The number of nitrogens with two attached hydrogens (primary N) is 1. The minimum atomic E-state index is -0.676. The number of primary amides is 1. The van der Waals surface area contributed by atoms with Crippen molar-refractivity contribution in [1.82, 2.24) is 15.2 Å². The number of halogens is 1. The lowest BCUT2D eigenvalue weighted by Gasteiger charge is -2.36. The quantitative estimate of drug-likeness (QED) is 0.605. The van der Waals surface area contributed by atoms with Crippen LogP contribution in [-0.4, -0.2) is 40.3 Å². The Morgan fingerprint density at radius 3 is 2.88 bits per heavy atom. The first-order chi connectivity index (χ1) is 12.1. The second kappa shape index (κ2) is 8.70. The van der Waals surface area contributed by atoms with Crippen LogP contribution in [0.25, 0.3) is 0 Å². The molecule has 0 saturated carbocycles. The second-order valence-electron chi connectivity index (χ2n) is 5.94. The van der Waals surface area contributed by atoms with E-state index in [9.17, 15) is 14.9 Å². The molecule has 138 valence electrons. The van der Waals surface area contributed by atoms with Crippen LogP contribution in [0, 0.1) is 10.1 Å². The van der Waals surface area contributed by atoms with E-state index >= 15 is 0 Å². The summed E-state index contributed by atoms with van der Waals surface area (Å²) < 4.78 is 0. The molecule has 1 saturated heterocycles. The Bertz CT molecular complexity index is 787. The van der Waals surface area contributed by atoms with Gasteiger partial charge in [-0.15, -0.1) is 12.4 Å². The number of carbonyl (C=O) groups excluding carboxylic acids is 1. The highest BCUT2D eigenvalue weighted by Crippen LogP contribution is 2.27. The summed E-state index contributed by atoms with van der Waals surface area (Å²) in [6, 6.07) is 8.36. The van der Waals surface area contributed by atoms with Crippen molar-refractivity contribution in [2.24, 2.45) is 5.73 Å². The Balaban J connectivity index is 0.00000243. The van der Waals surface area contributed by atoms with E-state index in [1.807, 2.05) is 18.3 Å². The normalized spacial score (nSPS) is 17.3. The van der Waals surface area contributed by atoms with Crippen LogP contribution in [0.3, 0.4) is 0 Å². The van der Waals surface area contributed by atoms with Crippen molar-refractivity contribution in [1.29, 1.82) is 0 Å². The van der Waals surface area contributed by atoms with E-state index in [4.69, 9.17) is 5.73 Å².